The quantitative estimate of drug-likeness (QED) is 0.672. The van der Waals surface area contributed by atoms with Gasteiger partial charge in [0.1, 0.15) is 5.65 Å². The van der Waals surface area contributed by atoms with Crippen LogP contribution in [0.2, 0.25) is 0 Å². The predicted octanol–water partition coefficient (Wildman–Crippen LogP) is 2.65. The first kappa shape index (κ1) is 20.1. The number of rotatable bonds is 6. The summed E-state index contributed by atoms with van der Waals surface area (Å²) in [4.78, 5) is 7.49. The van der Waals surface area contributed by atoms with Gasteiger partial charge in [0, 0.05) is 24.6 Å². The van der Waals surface area contributed by atoms with Crippen molar-refractivity contribution in [1.29, 1.82) is 0 Å². The van der Waals surface area contributed by atoms with Crippen molar-refractivity contribution in [2.45, 2.75) is 24.2 Å². The van der Waals surface area contributed by atoms with Gasteiger partial charge in [0.05, 0.1) is 22.9 Å². The number of β-amino-alcohol motifs (C(OH)–C–C–N with tert-alkyl or cyclic N) is 1. The van der Waals surface area contributed by atoms with Gasteiger partial charge in [-0.25, -0.2) is 13.4 Å². The van der Waals surface area contributed by atoms with Crippen molar-refractivity contribution in [3.05, 3.63) is 54.4 Å². The van der Waals surface area contributed by atoms with E-state index in [4.69, 9.17) is 10.1 Å². The minimum atomic E-state index is -3.22. The van der Waals surface area contributed by atoms with E-state index in [2.05, 4.69) is 9.30 Å². The van der Waals surface area contributed by atoms with Gasteiger partial charge >= 0.3 is 0 Å². The van der Waals surface area contributed by atoms with Crippen molar-refractivity contribution in [3.8, 4) is 11.3 Å². The topological polar surface area (TPSA) is 74.9 Å². The monoisotopic (exact) mass is 413 g/mol. The predicted molar refractivity (Wildman–Crippen MR) is 114 cm³/mol. The second-order valence-corrected chi connectivity index (χ2v) is 9.86. The van der Waals surface area contributed by atoms with Crippen molar-refractivity contribution in [2.24, 2.45) is 5.92 Å². The van der Waals surface area contributed by atoms with Crippen LogP contribution < -0.4 is 0 Å². The molecule has 4 rings (SSSR count). The van der Waals surface area contributed by atoms with Crippen LogP contribution in [0.3, 0.4) is 0 Å². The van der Waals surface area contributed by atoms with E-state index >= 15 is 0 Å². The summed E-state index contributed by atoms with van der Waals surface area (Å²) in [5.74, 6) is 0.569. The number of benzene rings is 1. The number of fused-ring (bicyclic) bond motifs is 1. The maximum absolute atomic E-state index is 11.8. The number of aliphatic hydroxyl groups excluding tert-OH is 1. The van der Waals surface area contributed by atoms with Gasteiger partial charge in [-0.05, 0) is 62.5 Å². The first-order valence-corrected chi connectivity index (χ1v) is 11.9. The van der Waals surface area contributed by atoms with Gasteiger partial charge in [0.25, 0.3) is 0 Å². The molecule has 0 bridgehead atoms. The Labute approximate surface area is 171 Å². The highest BCUT2D eigenvalue weighted by Gasteiger charge is 2.23. The molecule has 3 aromatic rings. The van der Waals surface area contributed by atoms with Crippen LogP contribution in [-0.4, -0.2) is 60.3 Å². The molecule has 1 saturated heterocycles. The molecule has 0 amide bonds. The molecule has 6 nitrogen and oxygen atoms in total. The van der Waals surface area contributed by atoms with Crippen LogP contribution in [0.15, 0.2) is 53.6 Å². The molecule has 0 atom stereocenters. The zero-order valence-electron chi connectivity index (χ0n) is 16.7. The lowest BCUT2D eigenvalue weighted by Gasteiger charge is -2.31. The molecule has 2 aromatic heterocycles. The highest BCUT2D eigenvalue weighted by atomic mass is 32.2. The van der Waals surface area contributed by atoms with Gasteiger partial charge in [0.2, 0.25) is 0 Å². The number of piperidine rings is 1. The Hall–Kier alpha value is -2.22. The molecule has 0 spiro atoms. The average molecular weight is 414 g/mol. The van der Waals surface area contributed by atoms with E-state index in [0.29, 0.717) is 10.8 Å². The molecular weight excluding hydrogens is 386 g/mol. The van der Waals surface area contributed by atoms with Crippen LogP contribution in [0, 0.1) is 5.92 Å². The van der Waals surface area contributed by atoms with E-state index in [1.165, 1.54) is 11.9 Å². The summed E-state index contributed by atoms with van der Waals surface area (Å²) in [5, 5.41) is 9.15. The Morgan fingerprint density at radius 1 is 1.10 bits per heavy atom. The van der Waals surface area contributed by atoms with Crippen molar-refractivity contribution < 1.29 is 13.5 Å². The maximum Gasteiger partial charge on any atom is 0.175 e. The normalized spacial score (nSPS) is 16.5. The molecule has 0 aliphatic carbocycles. The van der Waals surface area contributed by atoms with Crippen molar-refractivity contribution >= 4 is 15.5 Å². The zero-order valence-corrected chi connectivity index (χ0v) is 17.5. The highest BCUT2D eigenvalue weighted by Crippen LogP contribution is 2.30. The third-order valence-electron chi connectivity index (χ3n) is 5.79. The lowest BCUT2D eigenvalue weighted by atomic mass is 9.91. The molecule has 154 valence electrons. The van der Waals surface area contributed by atoms with Gasteiger partial charge in [-0.2, -0.15) is 0 Å². The summed E-state index contributed by atoms with van der Waals surface area (Å²) in [5.41, 5.74) is 3.94. The number of hydrogen-bond donors (Lipinski definition) is 1. The fourth-order valence-electron chi connectivity index (χ4n) is 4.16. The Morgan fingerprint density at radius 2 is 1.83 bits per heavy atom. The minimum Gasteiger partial charge on any atom is -0.395 e. The largest absolute Gasteiger partial charge is 0.395 e. The molecule has 1 aromatic carbocycles. The number of pyridine rings is 1. The molecule has 1 aliphatic rings. The molecule has 29 heavy (non-hydrogen) atoms. The lowest BCUT2D eigenvalue weighted by molar-refractivity contribution is 0.147. The van der Waals surface area contributed by atoms with Crippen LogP contribution >= 0.6 is 0 Å². The number of aliphatic hydroxyl groups is 1. The Bertz CT molecular complexity index is 1080. The van der Waals surface area contributed by atoms with E-state index in [-0.39, 0.29) is 6.61 Å². The Balaban J connectivity index is 1.65. The fourth-order valence-corrected chi connectivity index (χ4v) is 4.79. The maximum atomic E-state index is 11.8. The number of nitrogens with zero attached hydrogens (tertiary/aromatic N) is 3. The minimum absolute atomic E-state index is 0.214. The smallest absolute Gasteiger partial charge is 0.175 e. The molecule has 0 unspecified atom stereocenters. The van der Waals surface area contributed by atoms with E-state index in [1.54, 1.807) is 12.1 Å². The molecule has 1 N–H and O–H groups in total. The van der Waals surface area contributed by atoms with Gasteiger partial charge in [0.15, 0.2) is 9.84 Å². The number of sulfone groups is 1. The van der Waals surface area contributed by atoms with E-state index in [0.717, 1.165) is 55.8 Å². The number of aromatic nitrogens is 2. The summed E-state index contributed by atoms with van der Waals surface area (Å²) in [6, 6.07) is 13.0. The zero-order chi connectivity index (χ0) is 20.4. The summed E-state index contributed by atoms with van der Waals surface area (Å²) < 4.78 is 25.7. The first-order valence-electron chi connectivity index (χ1n) is 10.1. The van der Waals surface area contributed by atoms with Crippen LogP contribution in [-0.2, 0) is 16.3 Å². The molecule has 7 heteroatoms. The first-order chi connectivity index (χ1) is 14.0. The van der Waals surface area contributed by atoms with E-state index < -0.39 is 9.84 Å². The van der Waals surface area contributed by atoms with Crippen LogP contribution in [0.25, 0.3) is 16.9 Å². The molecule has 0 radical (unpaired) electrons. The summed E-state index contributed by atoms with van der Waals surface area (Å²) >= 11 is 0. The molecular formula is C22H27N3O3S. The highest BCUT2D eigenvalue weighted by molar-refractivity contribution is 7.90. The Morgan fingerprint density at radius 3 is 2.48 bits per heavy atom. The molecule has 3 heterocycles. The standard InChI is InChI=1S/C22H27N3O3S/c1-29(27,28)19-7-5-18(6-8-19)22-20(25-11-3-2-4-21(25)23-22)16-17-9-12-24(13-10-17)14-15-26/h2-8,11,17,26H,9-10,12-16H2,1H3. The van der Waals surface area contributed by atoms with Gasteiger partial charge in [-0.1, -0.05) is 18.2 Å². The average Bonchev–Trinajstić information content (AvgIpc) is 3.08. The molecule has 0 saturated carbocycles. The number of hydrogen-bond acceptors (Lipinski definition) is 5. The van der Waals surface area contributed by atoms with Crippen molar-refractivity contribution in [2.75, 3.05) is 32.5 Å². The van der Waals surface area contributed by atoms with E-state index in [1.807, 2.05) is 36.5 Å². The fraction of sp³-hybridized carbons (Fsp3) is 0.409. The summed E-state index contributed by atoms with van der Waals surface area (Å²) in [6.45, 7) is 2.99. The van der Waals surface area contributed by atoms with E-state index in [9.17, 15) is 8.42 Å². The summed E-state index contributed by atoms with van der Waals surface area (Å²) in [7, 11) is -3.22. The third-order valence-corrected chi connectivity index (χ3v) is 6.92. The molecule has 1 fully saturated rings. The van der Waals surface area contributed by atoms with Crippen LogP contribution in [0.1, 0.15) is 18.5 Å². The number of likely N-dealkylation sites (tertiary alicyclic amines) is 1. The third kappa shape index (κ3) is 4.37. The van der Waals surface area contributed by atoms with Crippen molar-refractivity contribution in [1.82, 2.24) is 14.3 Å². The molecule has 1 aliphatic heterocycles. The second kappa shape index (κ2) is 8.26. The van der Waals surface area contributed by atoms with Gasteiger partial charge in [-0.15, -0.1) is 0 Å². The van der Waals surface area contributed by atoms with Gasteiger partial charge in [-0.3, -0.25) is 0 Å². The SMILES string of the molecule is CS(=O)(=O)c1ccc(-c2nc3ccccn3c2CC2CCN(CCO)CC2)cc1. The van der Waals surface area contributed by atoms with Crippen LogP contribution in [0.4, 0.5) is 0 Å². The van der Waals surface area contributed by atoms with Crippen LogP contribution in [0.5, 0.6) is 0 Å². The van der Waals surface area contributed by atoms with Crippen molar-refractivity contribution in [3.63, 3.8) is 0 Å². The summed E-state index contributed by atoms with van der Waals surface area (Å²) in [6.07, 6.45) is 6.41. The lowest BCUT2D eigenvalue weighted by Crippen LogP contribution is -2.36. The number of imidazole rings is 1. The Kier molecular flexibility index (Phi) is 5.72. The second-order valence-electron chi connectivity index (χ2n) is 7.85. The van der Waals surface area contributed by atoms with Gasteiger partial charge < -0.3 is 14.4 Å².